The van der Waals surface area contributed by atoms with E-state index in [1.54, 1.807) is 6.20 Å². The number of nitrogens with one attached hydrogen (secondary N) is 1. The molecule has 0 saturated carbocycles. The highest BCUT2D eigenvalue weighted by Crippen LogP contribution is 2.16. The molecule has 1 aliphatic rings. The van der Waals surface area contributed by atoms with E-state index in [-0.39, 0.29) is 18.6 Å². The minimum absolute atomic E-state index is 0.0821. The lowest BCUT2D eigenvalue weighted by Crippen LogP contribution is -2.42. The molecule has 128 valence electrons. The summed E-state index contributed by atoms with van der Waals surface area (Å²) in [6.07, 6.45) is 7.01. The Morgan fingerprint density at radius 2 is 2.30 bits per heavy atom. The first-order chi connectivity index (χ1) is 11.3. The molecular weight excluding hydrogens is 290 g/mol. The smallest absolute Gasteiger partial charge is 0.249 e. The van der Waals surface area contributed by atoms with Crippen LogP contribution in [-0.2, 0) is 16.1 Å². The van der Waals surface area contributed by atoms with Crippen LogP contribution >= 0.6 is 0 Å². The van der Waals surface area contributed by atoms with E-state index in [2.05, 4.69) is 17.2 Å². The molecule has 0 bridgehead atoms. The normalized spacial score (nSPS) is 18.4. The maximum atomic E-state index is 12.7. The molecule has 0 aromatic carbocycles. The maximum absolute atomic E-state index is 12.7. The van der Waals surface area contributed by atoms with Gasteiger partial charge in [0.1, 0.15) is 6.61 Å². The maximum Gasteiger partial charge on any atom is 0.249 e. The van der Waals surface area contributed by atoms with Crippen LogP contribution in [-0.4, -0.2) is 48.1 Å². The van der Waals surface area contributed by atoms with Crippen molar-refractivity contribution < 1.29 is 9.53 Å². The molecule has 1 aromatic heterocycles. The first kappa shape index (κ1) is 17.9. The molecule has 1 saturated heterocycles. The number of unbranched alkanes of at least 4 members (excludes halogenated alkanes) is 1. The van der Waals surface area contributed by atoms with Gasteiger partial charge >= 0.3 is 0 Å². The Morgan fingerprint density at radius 3 is 3.09 bits per heavy atom. The van der Waals surface area contributed by atoms with Crippen LogP contribution in [0.1, 0.15) is 44.7 Å². The zero-order chi connectivity index (χ0) is 16.3. The third kappa shape index (κ3) is 6.28. The van der Waals surface area contributed by atoms with Crippen LogP contribution in [0, 0.1) is 0 Å². The number of ether oxygens (including phenoxy) is 1. The lowest BCUT2D eigenvalue weighted by molar-refractivity contribution is -0.139. The van der Waals surface area contributed by atoms with Gasteiger partial charge in [-0.05, 0) is 50.9 Å². The average molecular weight is 319 g/mol. The van der Waals surface area contributed by atoms with Gasteiger partial charge in [-0.1, -0.05) is 19.4 Å². The number of pyridine rings is 1. The molecule has 5 heteroatoms. The summed E-state index contributed by atoms with van der Waals surface area (Å²) >= 11 is 0. The van der Waals surface area contributed by atoms with Gasteiger partial charge in [0.25, 0.3) is 0 Å². The van der Waals surface area contributed by atoms with Gasteiger partial charge in [-0.25, -0.2) is 0 Å². The number of rotatable bonds is 8. The molecule has 5 nitrogen and oxygen atoms in total. The van der Waals surface area contributed by atoms with Crippen molar-refractivity contribution in [2.45, 2.75) is 51.6 Å². The third-order valence-corrected chi connectivity index (χ3v) is 4.23. The van der Waals surface area contributed by atoms with E-state index in [1.807, 2.05) is 23.1 Å². The van der Waals surface area contributed by atoms with E-state index in [9.17, 15) is 4.79 Å². The summed E-state index contributed by atoms with van der Waals surface area (Å²) in [6.45, 7) is 5.53. The Labute approximate surface area is 139 Å². The van der Waals surface area contributed by atoms with Crippen LogP contribution < -0.4 is 5.32 Å². The van der Waals surface area contributed by atoms with Crippen molar-refractivity contribution in [1.29, 1.82) is 0 Å². The topological polar surface area (TPSA) is 54.5 Å². The minimum Gasteiger partial charge on any atom is -0.372 e. The summed E-state index contributed by atoms with van der Waals surface area (Å²) < 4.78 is 5.55. The predicted octanol–water partition coefficient (Wildman–Crippen LogP) is 2.37. The first-order valence-corrected chi connectivity index (χ1v) is 8.79. The number of carbonyl (C=O) groups is 1. The second-order valence-corrected chi connectivity index (χ2v) is 6.08. The van der Waals surface area contributed by atoms with Crippen LogP contribution in [0.5, 0.6) is 0 Å². The number of amides is 1. The Hall–Kier alpha value is -1.46. The second-order valence-electron chi connectivity index (χ2n) is 6.08. The third-order valence-electron chi connectivity index (χ3n) is 4.23. The van der Waals surface area contributed by atoms with Gasteiger partial charge in [0, 0.05) is 18.8 Å². The lowest BCUT2D eigenvalue weighted by atomic mass is 10.1. The van der Waals surface area contributed by atoms with E-state index in [0.717, 1.165) is 50.9 Å². The van der Waals surface area contributed by atoms with Gasteiger partial charge in [-0.15, -0.1) is 0 Å². The van der Waals surface area contributed by atoms with Crippen molar-refractivity contribution in [3.8, 4) is 0 Å². The predicted molar refractivity (Wildman–Crippen MR) is 91.0 cm³/mol. The summed E-state index contributed by atoms with van der Waals surface area (Å²) in [7, 11) is 0. The number of aromatic nitrogens is 1. The molecule has 0 spiro atoms. The Balaban J connectivity index is 1.99. The molecule has 1 N–H and O–H groups in total. The van der Waals surface area contributed by atoms with Crippen LogP contribution in [0.25, 0.3) is 0 Å². The largest absolute Gasteiger partial charge is 0.372 e. The van der Waals surface area contributed by atoms with Crippen molar-refractivity contribution in [2.24, 2.45) is 0 Å². The molecule has 2 rings (SSSR count). The minimum atomic E-state index is 0.0821. The summed E-state index contributed by atoms with van der Waals surface area (Å²) in [6, 6.07) is 6.12. The van der Waals surface area contributed by atoms with Crippen molar-refractivity contribution >= 4 is 5.91 Å². The summed E-state index contributed by atoms with van der Waals surface area (Å²) in [5.41, 5.74) is 0.937. The van der Waals surface area contributed by atoms with Crippen LogP contribution in [0.15, 0.2) is 24.4 Å². The Morgan fingerprint density at radius 1 is 1.39 bits per heavy atom. The molecule has 23 heavy (non-hydrogen) atoms. The zero-order valence-electron chi connectivity index (χ0n) is 14.2. The van der Waals surface area contributed by atoms with Gasteiger partial charge in [-0.3, -0.25) is 9.78 Å². The second kappa shape index (κ2) is 10.3. The molecule has 1 amide bonds. The van der Waals surface area contributed by atoms with Crippen molar-refractivity contribution in [3.05, 3.63) is 30.1 Å². The molecular formula is C18H29N3O2. The highest BCUT2D eigenvalue weighted by Gasteiger charge is 2.25. The summed E-state index contributed by atoms with van der Waals surface area (Å²) in [5, 5.41) is 3.41. The van der Waals surface area contributed by atoms with E-state index in [1.165, 1.54) is 0 Å². The van der Waals surface area contributed by atoms with Gasteiger partial charge in [0.05, 0.1) is 12.2 Å². The van der Waals surface area contributed by atoms with E-state index in [4.69, 9.17) is 4.74 Å². The monoisotopic (exact) mass is 319 g/mol. The summed E-state index contributed by atoms with van der Waals surface area (Å²) in [4.78, 5) is 19.0. The van der Waals surface area contributed by atoms with Crippen molar-refractivity contribution in [1.82, 2.24) is 15.2 Å². The zero-order valence-corrected chi connectivity index (χ0v) is 14.2. The lowest BCUT2D eigenvalue weighted by Gasteiger charge is -2.31. The molecule has 1 fully saturated rings. The van der Waals surface area contributed by atoms with E-state index < -0.39 is 0 Å². The fourth-order valence-electron chi connectivity index (χ4n) is 2.89. The average Bonchev–Trinajstić information content (AvgIpc) is 2.86. The van der Waals surface area contributed by atoms with Crippen molar-refractivity contribution in [3.63, 3.8) is 0 Å². The van der Waals surface area contributed by atoms with Crippen LogP contribution in [0.3, 0.4) is 0 Å². The first-order valence-electron chi connectivity index (χ1n) is 8.79. The van der Waals surface area contributed by atoms with Crippen LogP contribution in [0.2, 0.25) is 0 Å². The highest BCUT2D eigenvalue weighted by atomic mass is 16.5. The number of hydrogen-bond donors (Lipinski definition) is 1. The van der Waals surface area contributed by atoms with Gasteiger partial charge < -0.3 is 15.0 Å². The van der Waals surface area contributed by atoms with Gasteiger partial charge in [-0.2, -0.15) is 0 Å². The summed E-state index contributed by atoms with van der Waals surface area (Å²) in [5.74, 6) is 0.0821. The molecule has 1 aromatic rings. The number of hydrogen-bond acceptors (Lipinski definition) is 4. The Bertz CT molecular complexity index is 445. The van der Waals surface area contributed by atoms with Crippen molar-refractivity contribution in [2.75, 3.05) is 26.3 Å². The number of nitrogens with zero attached hydrogens (tertiary/aromatic N) is 2. The van der Waals surface area contributed by atoms with Crippen LogP contribution in [0.4, 0.5) is 0 Å². The van der Waals surface area contributed by atoms with E-state index >= 15 is 0 Å². The fraction of sp³-hybridized carbons (Fsp3) is 0.667. The van der Waals surface area contributed by atoms with Gasteiger partial charge in [0.2, 0.25) is 5.91 Å². The quantitative estimate of drug-likeness (QED) is 0.748. The fourth-order valence-corrected chi connectivity index (χ4v) is 2.89. The SMILES string of the molecule is CCCCOCC(=O)N(Cc1ccccn1)C1CCCNCC1. The molecule has 1 unspecified atom stereocenters. The standard InChI is InChI=1S/C18H29N3O2/c1-2-3-13-23-15-18(22)21(14-16-7-4-5-11-20-16)17-8-6-10-19-12-9-17/h4-5,7,11,17,19H,2-3,6,8-10,12-15H2,1H3. The highest BCUT2D eigenvalue weighted by molar-refractivity contribution is 5.77. The number of carbonyl (C=O) groups excluding carboxylic acids is 1. The molecule has 1 atom stereocenters. The molecule has 2 heterocycles. The molecule has 1 aliphatic heterocycles. The molecule has 0 radical (unpaired) electrons. The van der Waals surface area contributed by atoms with E-state index in [0.29, 0.717) is 13.2 Å². The Kier molecular flexibility index (Phi) is 8.04. The van der Waals surface area contributed by atoms with Gasteiger partial charge in [0.15, 0.2) is 0 Å². The molecule has 0 aliphatic carbocycles.